The average Bonchev–Trinajstić information content (AvgIpc) is 2.54. The largest absolute Gasteiger partial charge is 0.744 e. The molecule has 0 bridgehead atoms. The topological polar surface area (TPSA) is 66.4 Å². The van der Waals surface area contributed by atoms with Crippen molar-refractivity contribution in [3.05, 3.63) is 52.1 Å². The van der Waals surface area contributed by atoms with E-state index in [2.05, 4.69) is 0 Å². The van der Waals surface area contributed by atoms with Crippen LogP contribution in [0.5, 0.6) is 11.5 Å². The van der Waals surface area contributed by atoms with E-state index in [1.165, 1.54) is 0 Å². The number of halogens is 4. The van der Waals surface area contributed by atoms with Gasteiger partial charge in [-0.3, -0.25) is 0 Å². The highest BCUT2D eigenvalue weighted by Crippen LogP contribution is 2.44. The van der Waals surface area contributed by atoms with Crippen LogP contribution >= 0.6 is 0 Å². The van der Waals surface area contributed by atoms with Crippen LogP contribution in [0.4, 0.5) is 17.6 Å². The predicted molar refractivity (Wildman–Crippen MR) is 103 cm³/mol. The van der Waals surface area contributed by atoms with Gasteiger partial charge in [0.1, 0.15) is 20.8 Å². The Morgan fingerprint density at radius 3 is 1.43 bits per heavy atom. The molecule has 30 heavy (non-hydrogen) atoms. The van der Waals surface area contributed by atoms with E-state index in [0.29, 0.717) is 11.1 Å². The summed E-state index contributed by atoms with van der Waals surface area (Å²) in [7, 11) is -5.80. The Hall–Kier alpha value is -2.13. The maximum atomic E-state index is 14.5. The minimum Gasteiger partial charge on any atom is -0.744 e. The van der Waals surface area contributed by atoms with Crippen LogP contribution in [0, 0.1) is 30.2 Å². The number of aryl methyl sites for hydroxylation is 1. The zero-order valence-electron chi connectivity index (χ0n) is 17.7. The predicted octanol–water partition coefficient (Wildman–Crippen LogP) is 5.84. The smallest absolute Gasteiger partial charge is 0.205 e. The molecule has 0 spiro atoms. The Morgan fingerprint density at radius 2 is 1.13 bits per heavy atom. The van der Waals surface area contributed by atoms with Crippen LogP contribution in [-0.4, -0.2) is 13.0 Å². The summed E-state index contributed by atoms with van der Waals surface area (Å²) in [6, 6.07) is 3.45. The molecule has 2 aromatic rings. The normalized spacial score (nSPS) is 12.9. The van der Waals surface area contributed by atoms with E-state index in [4.69, 9.17) is 4.74 Å². The molecule has 0 aliphatic carbocycles. The van der Waals surface area contributed by atoms with Crippen molar-refractivity contribution in [2.24, 2.45) is 0 Å². The minimum atomic E-state index is -5.80. The molecule has 0 aliphatic rings. The molecule has 0 radical (unpaired) electrons. The van der Waals surface area contributed by atoms with Gasteiger partial charge in [0.2, 0.25) is 17.4 Å². The first-order valence-corrected chi connectivity index (χ1v) is 10.4. The van der Waals surface area contributed by atoms with Gasteiger partial charge < -0.3 is 9.29 Å². The van der Waals surface area contributed by atoms with Crippen LogP contribution in [0.1, 0.15) is 58.2 Å². The molecule has 0 heterocycles. The van der Waals surface area contributed by atoms with Crippen molar-refractivity contribution in [2.75, 3.05) is 0 Å². The maximum Gasteiger partial charge on any atom is 0.205 e. The average molecular weight is 447 g/mol. The van der Waals surface area contributed by atoms with Gasteiger partial charge in [-0.1, -0.05) is 59.2 Å². The number of hydrogen-bond acceptors (Lipinski definition) is 4. The van der Waals surface area contributed by atoms with E-state index in [0.717, 1.165) is 5.56 Å². The molecule has 2 aromatic carbocycles. The van der Waals surface area contributed by atoms with Gasteiger partial charge in [-0.25, -0.2) is 17.2 Å². The van der Waals surface area contributed by atoms with Crippen molar-refractivity contribution in [3.8, 4) is 11.5 Å². The van der Waals surface area contributed by atoms with Crippen LogP contribution in [0.15, 0.2) is 17.0 Å². The third kappa shape index (κ3) is 4.46. The van der Waals surface area contributed by atoms with Gasteiger partial charge in [0.15, 0.2) is 11.6 Å². The van der Waals surface area contributed by atoms with Crippen molar-refractivity contribution in [3.63, 3.8) is 0 Å². The zero-order chi connectivity index (χ0) is 23.4. The van der Waals surface area contributed by atoms with Gasteiger partial charge in [-0.05, 0) is 17.8 Å². The number of benzene rings is 2. The first-order chi connectivity index (χ1) is 13.4. The van der Waals surface area contributed by atoms with Crippen molar-refractivity contribution < 1.29 is 35.3 Å². The third-order valence-electron chi connectivity index (χ3n) is 4.49. The van der Waals surface area contributed by atoms with E-state index in [1.54, 1.807) is 12.1 Å². The SMILES string of the molecule is Cc1cc(C(C)(C)C)c(Oc2c(F)c(F)c(S(=O)(=O)[O-])c(F)c2F)c(C(C)(C)C)c1. The molecular weight excluding hydrogens is 424 g/mol. The van der Waals surface area contributed by atoms with Gasteiger partial charge in [-0.2, -0.15) is 8.78 Å². The lowest BCUT2D eigenvalue weighted by atomic mass is 9.78. The summed E-state index contributed by atoms with van der Waals surface area (Å²) < 4.78 is 96.0. The van der Waals surface area contributed by atoms with Crippen LogP contribution in [-0.2, 0) is 20.9 Å². The molecule has 4 nitrogen and oxygen atoms in total. The lowest BCUT2D eigenvalue weighted by Crippen LogP contribution is -2.20. The molecular formula is C21H23F4O4S-. The lowest BCUT2D eigenvalue weighted by molar-refractivity contribution is 0.336. The van der Waals surface area contributed by atoms with E-state index in [-0.39, 0.29) is 5.75 Å². The van der Waals surface area contributed by atoms with E-state index < -0.39 is 54.9 Å². The molecule has 0 saturated carbocycles. The summed E-state index contributed by atoms with van der Waals surface area (Å²) in [6.45, 7) is 12.8. The van der Waals surface area contributed by atoms with Crippen molar-refractivity contribution >= 4 is 10.1 Å². The molecule has 0 amide bonds. The first-order valence-electron chi connectivity index (χ1n) is 9.02. The highest BCUT2D eigenvalue weighted by Gasteiger charge is 2.33. The summed E-state index contributed by atoms with van der Waals surface area (Å²) in [5.74, 6) is -10.3. The number of hydrogen-bond donors (Lipinski definition) is 0. The molecule has 9 heteroatoms. The Kier molecular flexibility index (Phi) is 6.06. The number of ether oxygens (including phenoxy) is 1. The highest BCUT2D eigenvalue weighted by atomic mass is 32.2. The highest BCUT2D eigenvalue weighted by molar-refractivity contribution is 7.85. The molecule has 0 atom stereocenters. The van der Waals surface area contributed by atoms with E-state index in [9.17, 15) is 30.5 Å². The van der Waals surface area contributed by atoms with Gasteiger partial charge in [-0.15, -0.1) is 0 Å². The van der Waals surface area contributed by atoms with E-state index in [1.807, 2.05) is 48.5 Å². The maximum absolute atomic E-state index is 14.5. The fourth-order valence-corrected chi connectivity index (χ4v) is 3.62. The molecule has 0 fully saturated rings. The second-order valence-corrected chi connectivity index (χ2v) is 10.5. The molecule has 166 valence electrons. The van der Waals surface area contributed by atoms with E-state index >= 15 is 0 Å². The summed E-state index contributed by atoms with van der Waals surface area (Å²) >= 11 is 0. The van der Waals surface area contributed by atoms with Crippen LogP contribution < -0.4 is 4.74 Å². The summed E-state index contributed by atoms with van der Waals surface area (Å²) in [6.07, 6.45) is 0. The van der Waals surface area contributed by atoms with Crippen LogP contribution in [0.2, 0.25) is 0 Å². The molecule has 0 aliphatic heterocycles. The van der Waals surface area contributed by atoms with Gasteiger partial charge >= 0.3 is 0 Å². The number of rotatable bonds is 3. The molecule has 2 rings (SSSR count). The standard InChI is InChI=1S/C21H24F4O4S/c1-10-8-11(20(2,3)4)17(12(9-10)21(5,6)7)29-18-13(22)15(24)19(30(26,27)28)16(25)14(18)23/h8-9H,1-7H3,(H,26,27,28)/p-1. The summed E-state index contributed by atoms with van der Waals surface area (Å²) in [5.41, 5.74) is 0.719. The van der Waals surface area contributed by atoms with Gasteiger partial charge in [0, 0.05) is 11.1 Å². The molecule has 0 aromatic heterocycles. The summed E-state index contributed by atoms with van der Waals surface area (Å²) in [4.78, 5) is -2.22. The van der Waals surface area contributed by atoms with Crippen molar-refractivity contribution in [2.45, 2.75) is 64.2 Å². The Labute approximate surface area is 173 Å². The monoisotopic (exact) mass is 447 g/mol. The zero-order valence-corrected chi connectivity index (χ0v) is 18.5. The minimum absolute atomic E-state index is 0.00469. The van der Waals surface area contributed by atoms with Crippen molar-refractivity contribution in [1.29, 1.82) is 0 Å². The first kappa shape index (κ1) is 24.1. The summed E-state index contributed by atoms with van der Waals surface area (Å²) in [5, 5.41) is 0. The molecule has 0 saturated heterocycles. The quantitative estimate of drug-likeness (QED) is 0.337. The van der Waals surface area contributed by atoms with Gasteiger partial charge in [0.05, 0.1) is 0 Å². The lowest BCUT2D eigenvalue weighted by Gasteiger charge is -2.30. The Morgan fingerprint density at radius 1 is 0.767 bits per heavy atom. The fourth-order valence-electron chi connectivity index (χ4n) is 3.00. The Balaban J connectivity index is 2.91. The molecule has 0 unspecified atom stereocenters. The molecule has 0 N–H and O–H groups in total. The second kappa shape index (κ2) is 7.53. The third-order valence-corrected chi connectivity index (χ3v) is 5.34. The van der Waals surface area contributed by atoms with Gasteiger partial charge in [0.25, 0.3) is 0 Å². The second-order valence-electron chi connectivity index (χ2n) is 9.16. The van der Waals surface area contributed by atoms with Crippen molar-refractivity contribution in [1.82, 2.24) is 0 Å². The fraction of sp³-hybridized carbons (Fsp3) is 0.429. The van der Waals surface area contributed by atoms with Crippen LogP contribution in [0.3, 0.4) is 0 Å². The van der Waals surface area contributed by atoms with Crippen LogP contribution in [0.25, 0.3) is 0 Å². The Bertz CT molecular complexity index is 1050.